The van der Waals surface area contributed by atoms with E-state index in [-0.39, 0.29) is 18.8 Å². The second-order valence-electron chi connectivity index (χ2n) is 7.42. The lowest BCUT2D eigenvalue weighted by atomic mass is 10.2. The molecule has 4 aromatic rings. The molecule has 0 spiro atoms. The van der Waals surface area contributed by atoms with Gasteiger partial charge in [0.2, 0.25) is 5.91 Å². The molecular weight excluding hydrogens is 433 g/mol. The van der Waals surface area contributed by atoms with Crippen LogP contribution in [0.4, 0.5) is 10.1 Å². The minimum Gasteiger partial charge on any atom is -0.324 e. The minimum absolute atomic E-state index is 0.0322. The van der Waals surface area contributed by atoms with Crippen LogP contribution < -0.4 is 16.6 Å². The Morgan fingerprint density at radius 2 is 1.72 bits per heavy atom. The quantitative estimate of drug-likeness (QED) is 0.499. The Kier molecular flexibility index (Phi) is 5.92. The molecule has 0 atom stereocenters. The molecule has 32 heavy (non-hydrogen) atoms. The summed E-state index contributed by atoms with van der Waals surface area (Å²) in [7, 11) is 0. The number of rotatable bonds is 5. The molecule has 0 aliphatic heterocycles. The summed E-state index contributed by atoms with van der Waals surface area (Å²) in [6, 6.07) is 17.8. The van der Waals surface area contributed by atoms with Gasteiger partial charge >= 0.3 is 5.69 Å². The number of aryl methyl sites for hydroxylation is 1. The number of hydrogen-bond acceptors (Lipinski definition) is 3. The zero-order valence-electron chi connectivity index (χ0n) is 17.1. The van der Waals surface area contributed by atoms with Crippen molar-refractivity contribution in [2.45, 2.75) is 20.0 Å². The molecule has 1 heterocycles. The number of carbonyl (C=O) groups excluding carboxylic acids is 1. The van der Waals surface area contributed by atoms with Gasteiger partial charge in [0.25, 0.3) is 5.56 Å². The summed E-state index contributed by atoms with van der Waals surface area (Å²) in [4.78, 5) is 38.9. The van der Waals surface area contributed by atoms with E-state index < -0.39 is 23.0 Å². The van der Waals surface area contributed by atoms with E-state index in [9.17, 15) is 18.8 Å². The standard InChI is InChI=1S/C24H19ClFN3O3/c1-15-6-11-18(12-20(15)26)27-22(30)14-28-21-5-3-2-4-19(21)23(31)29(24(28)32)13-16-7-9-17(25)10-8-16/h2-12H,13-14H2,1H3,(H,27,30). The number of nitrogens with zero attached hydrogens (tertiary/aromatic N) is 2. The van der Waals surface area contributed by atoms with Crippen molar-refractivity contribution >= 4 is 34.1 Å². The van der Waals surface area contributed by atoms with Crippen LogP contribution in [0.3, 0.4) is 0 Å². The van der Waals surface area contributed by atoms with Crippen LogP contribution in [-0.2, 0) is 17.9 Å². The number of aromatic nitrogens is 2. The largest absolute Gasteiger partial charge is 0.332 e. The van der Waals surface area contributed by atoms with E-state index in [4.69, 9.17) is 11.6 Å². The Bertz CT molecular complexity index is 1440. The van der Waals surface area contributed by atoms with Crippen LogP contribution in [0.5, 0.6) is 0 Å². The van der Waals surface area contributed by atoms with Crippen LogP contribution in [0.25, 0.3) is 10.9 Å². The van der Waals surface area contributed by atoms with Gasteiger partial charge in [-0.15, -0.1) is 0 Å². The molecule has 3 aromatic carbocycles. The number of fused-ring (bicyclic) bond motifs is 1. The van der Waals surface area contributed by atoms with Gasteiger partial charge in [0.1, 0.15) is 12.4 Å². The summed E-state index contributed by atoms with van der Waals surface area (Å²) in [6.07, 6.45) is 0. The minimum atomic E-state index is -0.617. The van der Waals surface area contributed by atoms with Crippen molar-refractivity contribution < 1.29 is 9.18 Å². The molecule has 162 valence electrons. The Balaban J connectivity index is 1.73. The first kappa shape index (κ1) is 21.5. The van der Waals surface area contributed by atoms with Crippen molar-refractivity contribution in [3.8, 4) is 0 Å². The molecule has 8 heteroatoms. The van der Waals surface area contributed by atoms with E-state index in [0.717, 1.165) is 10.1 Å². The van der Waals surface area contributed by atoms with Crippen LogP contribution in [-0.4, -0.2) is 15.0 Å². The molecule has 0 saturated carbocycles. The molecule has 0 radical (unpaired) electrons. The molecule has 0 saturated heterocycles. The fourth-order valence-corrected chi connectivity index (χ4v) is 3.58. The molecule has 4 rings (SSSR count). The smallest absolute Gasteiger partial charge is 0.324 e. The fraction of sp³-hybridized carbons (Fsp3) is 0.125. The molecule has 0 bridgehead atoms. The summed E-state index contributed by atoms with van der Waals surface area (Å²) in [5, 5.41) is 3.46. The lowest BCUT2D eigenvalue weighted by molar-refractivity contribution is -0.116. The first-order valence-corrected chi connectivity index (χ1v) is 10.2. The molecule has 0 aliphatic carbocycles. The van der Waals surface area contributed by atoms with Crippen LogP contribution in [0.1, 0.15) is 11.1 Å². The Hall–Kier alpha value is -3.71. The van der Waals surface area contributed by atoms with Gasteiger partial charge in [-0.3, -0.25) is 18.7 Å². The molecule has 1 aromatic heterocycles. The fourth-order valence-electron chi connectivity index (χ4n) is 3.45. The number of para-hydroxylation sites is 1. The number of halogens is 2. The van der Waals surface area contributed by atoms with Crippen LogP contribution in [0.15, 0.2) is 76.3 Å². The van der Waals surface area contributed by atoms with Gasteiger partial charge in [0, 0.05) is 10.7 Å². The van der Waals surface area contributed by atoms with E-state index in [2.05, 4.69) is 5.32 Å². The highest BCUT2D eigenvalue weighted by Gasteiger charge is 2.16. The topological polar surface area (TPSA) is 73.1 Å². The predicted octanol–water partition coefficient (Wildman–Crippen LogP) is 3.95. The highest BCUT2D eigenvalue weighted by atomic mass is 35.5. The van der Waals surface area contributed by atoms with E-state index in [1.54, 1.807) is 67.6 Å². The van der Waals surface area contributed by atoms with Gasteiger partial charge in [-0.25, -0.2) is 9.18 Å². The normalized spacial score (nSPS) is 11.0. The monoisotopic (exact) mass is 451 g/mol. The van der Waals surface area contributed by atoms with Crippen LogP contribution in [0.2, 0.25) is 5.02 Å². The zero-order chi connectivity index (χ0) is 22.8. The first-order chi connectivity index (χ1) is 15.3. The maximum Gasteiger partial charge on any atom is 0.332 e. The maximum absolute atomic E-state index is 13.8. The number of hydrogen-bond donors (Lipinski definition) is 1. The lowest BCUT2D eigenvalue weighted by Crippen LogP contribution is -2.42. The zero-order valence-corrected chi connectivity index (χ0v) is 17.9. The van der Waals surface area contributed by atoms with E-state index in [1.165, 1.54) is 10.6 Å². The molecule has 0 unspecified atom stereocenters. The Labute approximate surface area is 187 Å². The second kappa shape index (κ2) is 8.80. The van der Waals surface area contributed by atoms with Gasteiger partial charge in [-0.2, -0.15) is 0 Å². The molecular formula is C24H19ClFN3O3. The summed E-state index contributed by atoms with van der Waals surface area (Å²) in [5.41, 5.74) is 0.742. The molecule has 0 fully saturated rings. The van der Waals surface area contributed by atoms with Crippen molar-refractivity contribution in [2.75, 3.05) is 5.32 Å². The average Bonchev–Trinajstić information content (AvgIpc) is 2.78. The van der Waals surface area contributed by atoms with Gasteiger partial charge in [0.15, 0.2) is 0 Å². The molecule has 1 N–H and O–H groups in total. The van der Waals surface area contributed by atoms with Crippen molar-refractivity contribution in [3.63, 3.8) is 0 Å². The third kappa shape index (κ3) is 4.33. The van der Waals surface area contributed by atoms with Crippen LogP contribution in [0, 0.1) is 12.7 Å². The van der Waals surface area contributed by atoms with E-state index in [0.29, 0.717) is 21.5 Å². The Morgan fingerprint density at radius 3 is 2.44 bits per heavy atom. The van der Waals surface area contributed by atoms with Gasteiger partial charge in [-0.1, -0.05) is 41.9 Å². The predicted molar refractivity (Wildman–Crippen MR) is 123 cm³/mol. The average molecular weight is 452 g/mol. The van der Waals surface area contributed by atoms with Crippen molar-refractivity contribution in [1.29, 1.82) is 0 Å². The third-order valence-corrected chi connectivity index (χ3v) is 5.40. The maximum atomic E-state index is 13.8. The second-order valence-corrected chi connectivity index (χ2v) is 7.85. The van der Waals surface area contributed by atoms with Crippen molar-refractivity contribution in [2.24, 2.45) is 0 Å². The van der Waals surface area contributed by atoms with Gasteiger partial charge < -0.3 is 5.32 Å². The van der Waals surface area contributed by atoms with E-state index in [1.807, 2.05) is 0 Å². The summed E-state index contributed by atoms with van der Waals surface area (Å²) in [6.45, 7) is 1.32. The molecule has 6 nitrogen and oxygen atoms in total. The summed E-state index contributed by atoms with van der Waals surface area (Å²) < 4.78 is 16.1. The SMILES string of the molecule is Cc1ccc(NC(=O)Cn2c(=O)n(Cc3ccc(Cl)cc3)c(=O)c3ccccc32)cc1F. The van der Waals surface area contributed by atoms with Crippen LogP contribution >= 0.6 is 11.6 Å². The van der Waals surface area contributed by atoms with Gasteiger partial charge in [-0.05, 0) is 54.4 Å². The first-order valence-electron chi connectivity index (χ1n) is 9.86. The molecule has 1 amide bonds. The molecule has 0 aliphatic rings. The summed E-state index contributed by atoms with van der Waals surface area (Å²) >= 11 is 5.92. The van der Waals surface area contributed by atoms with Crippen molar-refractivity contribution in [3.05, 3.63) is 110 Å². The lowest BCUT2D eigenvalue weighted by Gasteiger charge is -2.14. The number of amides is 1. The number of anilines is 1. The number of carbonyl (C=O) groups is 1. The van der Waals surface area contributed by atoms with Crippen molar-refractivity contribution in [1.82, 2.24) is 9.13 Å². The number of benzene rings is 3. The highest BCUT2D eigenvalue weighted by molar-refractivity contribution is 6.30. The Morgan fingerprint density at radius 1 is 1.00 bits per heavy atom. The summed E-state index contributed by atoms with van der Waals surface area (Å²) in [5.74, 6) is -0.959. The van der Waals surface area contributed by atoms with Gasteiger partial charge in [0.05, 0.1) is 17.4 Å². The number of nitrogens with one attached hydrogen (secondary N) is 1. The van der Waals surface area contributed by atoms with E-state index >= 15 is 0 Å². The highest BCUT2D eigenvalue weighted by Crippen LogP contribution is 2.15. The third-order valence-electron chi connectivity index (χ3n) is 5.14.